The second-order valence-corrected chi connectivity index (χ2v) is 6.05. The van der Waals surface area contributed by atoms with Gasteiger partial charge in [0.25, 0.3) is 0 Å². The fraction of sp³-hybridized carbons (Fsp3) is 0.312. The van der Waals surface area contributed by atoms with E-state index in [0.717, 1.165) is 17.1 Å². The van der Waals surface area contributed by atoms with E-state index in [1.807, 2.05) is 6.07 Å². The Kier molecular flexibility index (Phi) is 4.79. The molecule has 1 N–H and O–H groups in total. The summed E-state index contributed by atoms with van der Waals surface area (Å²) in [5.74, 6) is -0.194. The number of carbonyl (C=O) groups excluding carboxylic acids is 1. The third kappa shape index (κ3) is 3.84. The molecule has 2 aromatic rings. The lowest BCUT2D eigenvalue weighted by molar-refractivity contribution is -0.139. The summed E-state index contributed by atoms with van der Waals surface area (Å²) >= 11 is 1.64. The van der Waals surface area contributed by atoms with Crippen LogP contribution in [-0.2, 0) is 22.5 Å². The lowest BCUT2D eigenvalue weighted by Gasteiger charge is -2.09. The van der Waals surface area contributed by atoms with Gasteiger partial charge in [-0.2, -0.15) is 0 Å². The maximum Gasteiger partial charge on any atom is 0.310 e. The van der Waals surface area contributed by atoms with Crippen molar-refractivity contribution in [1.82, 2.24) is 0 Å². The minimum Gasteiger partial charge on any atom is -0.469 e. The number of rotatable bonds is 5. The fourth-order valence-electron chi connectivity index (χ4n) is 2.02. The van der Waals surface area contributed by atoms with Crippen LogP contribution in [0.1, 0.15) is 20.9 Å². The van der Waals surface area contributed by atoms with Crippen LogP contribution >= 0.6 is 11.3 Å². The minimum atomic E-state index is -0.194. The Hall–Kier alpha value is -1.81. The van der Waals surface area contributed by atoms with Crippen molar-refractivity contribution in [3.63, 3.8) is 0 Å². The zero-order valence-electron chi connectivity index (χ0n) is 12.0. The van der Waals surface area contributed by atoms with Gasteiger partial charge in [-0.15, -0.1) is 11.3 Å². The SMILES string of the molecule is COC(=O)Cc1ccc(CNc2ccc(C)cc2C)s1. The Morgan fingerprint density at radius 3 is 2.65 bits per heavy atom. The maximum atomic E-state index is 11.2. The van der Waals surface area contributed by atoms with Crippen molar-refractivity contribution >= 4 is 23.0 Å². The van der Waals surface area contributed by atoms with Gasteiger partial charge in [-0.25, -0.2) is 0 Å². The van der Waals surface area contributed by atoms with Gasteiger partial charge in [-0.05, 0) is 37.6 Å². The zero-order valence-corrected chi connectivity index (χ0v) is 12.8. The Morgan fingerprint density at radius 2 is 1.95 bits per heavy atom. The molecule has 0 fully saturated rings. The van der Waals surface area contributed by atoms with Gasteiger partial charge in [-0.3, -0.25) is 4.79 Å². The van der Waals surface area contributed by atoms with Crippen LogP contribution in [0.15, 0.2) is 30.3 Å². The molecule has 0 aliphatic heterocycles. The molecule has 106 valence electrons. The van der Waals surface area contributed by atoms with Gasteiger partial charge in [0.15, 0.2) is 0 Å². The van der Waals surface area contributed by atoms with E-state index in [2.05, 4.69) is 48.2 Å². The van der Waals surface area contributed by atoms with Gasteiger partial charge >= 0.3 is 5.97 Å². The molecule has 0 spiro atoms. The van der Waals surface area contributed by atoms with E-state index >= 15 is 0 Å². The molecule has 0 unspecified atom stereocenters. The Labute approximate surface area is 123 Å². The van der Waals surface area contributed by atoms with Crippen LogP contribution in [0.5, 0.6) is 0 Å². The molecule has 0 bridgehead atoms. The second kappa shape index (κ2) is 6.57. The number of hydrogen-bond acceptors (Lipinski definition) is 4. The summed E-state index contributed by atoms with van der Waals surface area (Å²) in [4.78, 5) is 13.5. The summed E-state index contributed by atoms with van der Waals surface area (Å²) in [7, 11) is 1.42. The summed E-state index contributed by atoms with van der Waals surface area (Å²) in [5, 5.41) is 3.43. The quantitative estimate of drug-likeness (QED) is 0.853. The number of benzene rings is 1. The first kappa shape index (κ1) is 14.6. The van der Waals surface area contributed by atoms with E-state index in [-0.39, 0.29) is 5.97 Å². The first-order valence-corrected chi connectivity index (χ1v) is 7.35. The molecule has 0 saturated carbocycles. The smallest absolute Gasteiger partial charge is 0.310 e. The lowest BCUT2D eigenvalue weighted by atomic mass is 10.1. The third-order valence-corrected chi connectivity index (χ3v) is 4.18. The molecule has 1 heterocycles. The highest BCUT2D eigenvalue weighted by molar-refractivity contribution is 7.12. The van der Waals surface area contributed by atoms with Crippen molar-refractivity contribution in [3.05, 3.63) is 51.2 Å². The van der Waals surface area contributed by atoms with E-state index in [9.17, 15) is 4.79 Å². The summed E-state index contributed by atoms with van der Waals surface area (Å²) in [5.41, 5.74) is 3.67. The van der Waals surface area contributed by atoms with Crippen LogP contribution in [-0.4, -0.2) is 13.1 Å². The van der Waals surface area contributed by atoms with E-state index in [1.165, 1.54) is 23.1 Å². The molecule has 1 aromatic heterocycles. The maximum absolute atomic E-state index is 11.2. The van der Waals surface area contributed by atoms with Crippen molar-refractivity contribution < 1.29 is 9.53 Å². The Bertz CT molecular complexity index is 604. The summed E-state index contributed by atoms with van der Waals surface area (Å²) in [6.07, 6.45) is 0.352. The van der Waals surface area contributed by atoms with Crippen LogP contribution in [0.3, 0.4) is 0 Å². The normalized spacial score (nSPS) is 10.3. The Balaban J connectivity index is 1.95. The number of esters is 1. The van der Waals surface area contributed by atoms with Crippen LogP contribution in [0.2, 0.25) is 0 Å². The van der Waals surface area contributed by atoms with Gasteiger partial charge < -0.3 is 10.1 Å². The molecule has 2 rings (SSSR count). The van der Waals surface area contributed by atoms with E-state index in [0.29, 0.717) is 6.42 Å². The molecule has 0 radical (unpaired) electrons. The van der Waals surface area contributed by atoms with Gasteiger partial charge in [0.05, 0.1) is 13.5 Å². The largest absolute Gasteiger partial charge is 0.469 e. The van der Waals surface area contributed by atoms with Crippen LogP contribution < -0.4 is 5.32 Å². The van der Waals surface area contributed by atoms with Crippen molar-refractivity contribution in [2.75, 3.05) is 12.4 Å². The van der Waals surface area contributed by atoms with E-state index in [4.69, 9.17) is 0 Å². The highest BCUT2D eigenvalue weighted by Gasteiger charge is 2.06. The first-order valence-electron chi connectivity index (χ1n) is 6.54. The molecule has 0 aliphatic carbocycles. The van der Waals surface area contributed by atoms with Crippen LogP contribution in [0, 0.1) is 13.8 Å². The molecular formula is C16H19NO2S. The molecule has 0 aliphatic rings. The number of nitrogens with one attached hydrogen (secondary N) is 1. The highest BCUT2D eigenvalue weighted by atomic mass is 32.1. The number of aryl methyl sites for hydroxylation is 2. The van der Waals surface area contributed by atoms with Crippen molar-refractivity contribution in [2.24, 2.45) is 0 Å². The van der Waals surface area contributed by atoms with Crippen molar-refractivity contribution in [2.45, 2.75) is 26.8 Å². The molecule has 1 aromatic carbocycles. The van der Waals surface area contributed by atoms with E-state index in [1.54, 1.807) is 11.3 Å². The average Bonchev–Trinajstić information content (AvgIpc) is 2.85. The van der Waals surface area contributed by atoms with Gasteiger partial charge in [0, 0.05) is 22.0 Å². The molecule has 3 nitrogen and oxygen atoms in total. The van der Waals surface area contributed by atoms with Crippen LogP contribution in [0.25, 0.3) is 0 Å². The fourth-order valence-corrected chi connectivity index (χ4v) is 2.96. The molecule has 20 heavy (non-hydrogen) atoms. The zero-order chi connectivity index (χ0) is 14.5. The number of anilines is 1. The standard InChI is InChI=1S/C16H19NO2S/c1-11-4-7-15(12(2)8-11)17-10-14-6-5-13(20-14)9-16(18)19-3/h4-8,17H,9-10H2,1-3H3. The van der Waals surface area contributed by atoms with Gasteiger partial charge in [-0.1, -0.05) is 17.7 Å². The second-order valence-electron chi connectivity index (χ2n) is 4.79. The number of carbonyl (C=O) groups is 1. The number of methoxy groups -OCH3 is 1. The summed E-state index contributed by atoms with van der Waals surface area (Å²) in [6.45, 7) is 4.97. The lowest BCUT2D eigenvalue weighted by Crippen LogP contribution is -2.02. The van der Waals surface area contributed by atoms with Crippen molar-refractivity contribution in [1.29, 1.82) is 0 Å². The summed E-state index contributed by atoms with van der Waals surface area (Å²) < 4.78 is 4.67. The molecular weight excluding hydrogens is 270 g/mol. The number of ether oxygens (including phenoxy) is 1. The van der Waals surface area contributed by atoms with Crippen LogP contribution in [0.4, 0.5) is 5.69 Å². The Morgan fingerprint density at radius 1 is 1.20 bits per heavy atom. The predicted octanol–water partition coefficient (Wildman–Crippen LogP) is 3.69. The molecule has 4 heteroatoms. The first-order chi connectivity index (χ1) is 9.58. The van der Waals surface area contributed by atoms with Crippen molar-refractivity contribution in [3.8, 4) is 0 Å². The highest BCUT2D eigenvalue weighted by Crippen LogP contribution is 2.21. The number of hydrogen-bond donors (Lipinski definition) is 1. The molecule has 0 saturated heterocycles. The predicted molar refractivity (Wildman–Crippen MR) is 83.3 cm³/mol. The van der Waals surface area contributed by atoms with E-state index < -0.39 is 0 Å². The topological polar surface area (TPSA) is 38.3 Å². The van der Waals surface area contributed by atoms with Gasteiger partial charge in [0.1, 0.15) is 0 Å². The average molecular weight is 289 g/mol. The minimum absolute atomic E-state index is 0.194. The summed E-state index contributed by atoms with van der Waals surface area (Å²) in [6, 6.07) is 10.4. The number of thiophene rings is 1. The third-order valence-electron chi connectivity index (χ3n) is 3.10. The molecule has 0 amide bonds. The monoisotopic (exact) mass is 289 g/mol. The molecule has 0 atom stereocenters. The van der Waals surface area contributed by atoms with Gasteiger partial charge in [0.2, 0.25) is 0 Å².